The first-order chi connectivity index (χ1) is 7.34. The summed E-state index contributed by atoms with van der Waals surface area (Å²) in [5, 5.41) is 13.1. The first-order valence-electron chi connectivity index (χ1n) is 6.07. The van der Waals surface area contributed by atoms with Gasteiger partial charge in [0.05, 0.1) is 18.8 Å². The fourth-order valence-electron chi connectivity index (χ4n) is 2.03. The van der Waals surface area contributed by atoms with Crippen molar-refractivity contribution in [2.24, 2.45) is 0 Å². The number of ether oxygens (including phenoxy) is 1. The first-order valence-corrected chi connectivity index (χ1v) is 6.07. The SMILES string of the molecule is OC(COC1CCC1)CN1CCNCC1. The average molecular weight is 214 g/mol. The van der Waals surface area contributed by atoms with Crippen molar-refractivity contribution in [3.8, 4) is 0 Å². The van der Waals surface area contributed by atoms with Crippen molar-refractivity contribution in [3.05, 3.63) is 0 Å². The third-order valence-electron chi connectivity index (χ3n) is 3.26. The monoisotopic (exact) mass is 214 g/mol. The third kappa shape index (κ3) is 3.72. The fourth-order valence-corrected chi connectivity index (χ4v) is 2.03. The summed E-state index contributed by atoms with van der Waals surface area (Å²) in [5.41, 5.74) is 0. The van der Waals surface area contributed by atoms with E-state index in [9.17, 15) is 5.11 Å². The van der Waals surface area contributed by atoms with E-state index in [-0.39, 0.29) is 6.10 Å². The van der Waals surface area contributed by atoms with Crippen molar-refractivity contribution in [2.45, 2.75) is 31.5 Å². The summed E-state index contributed by atoms with van der Waals surface area (Å²) >= 11 is 0. The predicted molar refractivity (Wildman–Crippen MR) is 58.9 cm³/mol. The van der Waals surface area contributed by atoms with E-state index in [4.69, 9.17) is 4.74 Å². The molecular weight excluding hydrogens is 192 g/mol. The number of hydrogen-bond acceptors (Lipinski definition) is 4. The van der Waals surface area contributed by atoms with Crippen molar-refractivity contribution in [2.75, 3.05) is 39.3 Å². The maximum Gasteiger partial charge on any atom is 0.0900 e. The molecule has 0 spiro atoms. The molecule has 1 heterocycles. The summed E-state index contributed by atoms with van der Waals surface area (Å²) in [4.78, 5) is 2.30. The van der Waals surface area contributed by atoms with Gasteiger partial charge in [-0.25, -0.2) is 0 Å². The molecule has 0 aromatic heterocycles. The smallest absolute Gasteiger partial charge is 0.0900 e. The van der Waals surface area contributed by atoms with Crippen LogP contribution in [0.25, 0.3) is 0 Å². The zero-order chi connectivity index (χ0) is 10.5. The lowest BCUT2D eigenvalue weighted by atomic mass is 9.96. The molecule has 2 rings (SSSR count). The zero-order valence-corrected chi connectivity index (χ0v) is 9.32. The molecule has 4 heteroatoms. The largest absolute Gasteiger partial charge is 0.389 e. The van der Waals surface area contributed by atoms with Gasteiger partial charge in [-0.05, 0) is 19.3 Å². The number of rotatable bonds is 5. The molecule has 2 fully saturated rings. The number of nitrogens with zero attached hydrogens (tertiary/aromatic N) is 1. The van der Waals surface area contributed by atoms with Gasteiger partial charge in [0.25, 0.3) is 0 Å². The number of hydrogen-bond donors (Lipinski definition) is 2. The van der Waals surface area contributed by atoms with Crippen LogP contribution in [-0.2, 0) is 4.74 Å². The Balaban J connectivity index is 1.56. The highest BCUT2D eigenvalue weighted by atomic mass is 16.5. The van der Waals surface area contributed by atoms with Gasteiger partial charge < -0.3 is 15.2 Å². The summed E-state index contributed by atoms with van der Waals surface area (Å²) in [6.45, 7) is 5.43. The number of β-amino-alcohol motifs (C(OH)–C–C–N with tert-alkyl or cyclic N) is 1. The molecule has 0 bridgehead atoms. The number of piperazine rings is 1. The zero-order valence-electron chi connectivity index (χ0n) is 9.32. The second kappa shape index (κ2) is 5.80. The lowest BCUT2D eigenvalue weighted by Crippen LogP contribution is -2.47. The Hall–Kier alpha value is -0.160. The van der Waals surface area contributed by atoms with Crippen LogP contribution in [0.4, 0.5) is 0 Å². The molecule has 2 N–H and O–H groups in total. The fraction of sp³-hybridized carbons (Fsp3) is 1.00. The molecule has 1 atom stereocenters. The third-order valence-corrected chi connectivity index (χ3v) is 3.26. The molecule has 15 heavy (non-hydrogen) atoms. The molecule has 0 radical (unpaired) electrons. The van der Waals surface area contributed by atoms with E-state index < -0.39 is 0 Å². The van der Waals surface area contributed by atoms with Crippen LogP contribution < -0.4 is 5.32 Å². The highest BCUT2D eigenvalue weighted by Crippen LogP contribution is 2.21. The molecule has 0 aromatic rings. The minimum atomic E-state index is -0.316. The normalized spacial score (nSPS) is 26.2. The summed E-state index contributed by atoms with van der Waals surface area (Å²) in [7, 11) is 0. The number of aliphatic hydroxyl groups excluding tert-OH is 1. The van der Waals surface area contributed by atoms with Gasteiger partial charge in [-0.1, -0.05) is 0 Å². The van der Waals surface area contributed by atoms with Crippen molar-refractivity contribution in [3.63, 3.8) is 0 Å². The molecule has 4 nitrogen and oxygen atoms in total. The van der Waals surface area contributed by atoms with E-state index in [1.54, 1.807) is 0 Å². The maximum atomic E-state index is 9.78. The van der Waals surface area contributed by atoms with Gasteiger partial charge in [-0.3, -0.25) is 4.90 Å². The molecule has 1 saturated heterocycles. The molecule has 1 unspecified atom stereocenters. The summed E-state index contributed by atoms with van der Waals surface area (Å²) in [5.74, 6) is 0. The predicted octanol–water partition coefficient (Wildman–Crippen LogP) is -0.178. The Labute approximate surface area is 91.6 Å². The minimum absolute atomic E-state index is 0.316. The van der Waals surface area contributed by atoms with Crippen LogP contribution in [0.1, 0.15) is 19.3 Å². The number of aliphatic hydroxyl groups is 1. The van der Waals surface area contributed by atoms with Crippen molar-refractivity contribution >= 4 is 0 Å². The summed E-state index contributed by atoms with van der Waals surface area (Å²) < 4.78 is 5.59. The topological polar surface area (TPSA) is 44.7 Å². The van der Waals surface area contributed by atoms with Gasteiger partial charge in [-0.2, -0.15) is 0 Å². The van der Waals surface area contributed by atoms with Crippen LogP contribution in [0.2, 0.25) is 0 Å². The first kappa shape index (κ1) is 11.3. The maximum absolute atomic E-state index is 9.78. The Morgan fingerprint density at radius 3 is 2.67 bits per heavy atom. The van der Waals surface area contributed by atoms with Gasteiger partial charge in [0.2, 0.25) is 0 Å². The average Bonchev–Trinajstić information content (AvgIpc) is 2.17. The van der Waals surface area contributed by atoms with E-state index in [0.717, 1.165) is 32.7 Å². The van der Waals surface area contributed by atoms with Crippen LogP contribution in [0.15, 0.2) is 0 Å². The summed E-state index contributed by atoms with van der Waals surface area (Å²) in [6, 6.07) is 0. The minimum Gasteiger partial charge on any atom is -0.389 e. The van der Waals surface area contributed by atoms with Crippen LogP contribution >= 0.6 is 0 Å². The molecule has 1 aliphatic heterocycles. The van der Waals surface area contributed by atoms with Crippen molar-refractivity contribution in [1.29, 1.82) is 0 Å². The Bertz CT molecular complexity index is 179. The summed E-state index contributed by atoms with van der Waals surface area (Å²) in [6.07, 6.45) is 3.77. The molecule has 0 amide bonds. The molecular formula is C11H22N2O2. The van der Waals surface area contributed by atoms with Gasteiger partial charge >= 0.3 is 0 Å². The highest BCUT2D eigenvalue weighted by Gasteiger charge is 2.20. The second-order valence-electron chi connectivity index (χ2n) is 4.59. The van der Waals surface area contributed by atoms with E-state index in [0.29, 0.717) is 12.7 Å². The standard InChI is InChI=1S/C11H22N2O2/c14-10(9-15-11-2-1-3-11)8-13-6-4-12-5-7-13/h10-12,14H,1-9H2. The molecule has 2 aliphatic rings. The van der Waals surface area contributed by atoms with E-state index >= 15 is 0 Å². The quantitative estimate of drug-likeness (QED) is 0.666. The molecule has 0 aromatic carbocycles. The van der Waals surface area contributed by atoms with Crippen LogP contribution in [-0.4, -0.2) is 61.5 Å². The Morgan fingerprint density at radius 1 is 1.33 bits per heavy atom. The van der Waals surface area contributed by atoms with Gasteiger partial charge in [0, 0.05) is 32.7 Å². The number of nitrogens with one attached hydrogen (secondary N) is 1. The Morgan fingerprint density at radius 2 is 2.07 bits per heavy atom. The lowest BCUT2D eigenvalue weighted by molar-refractivity contribution is -0.0499. The van der Waals surface area contributed by atoms with Crippen LogP contribution in [0.3, 0.4) is 0 Å². The van der Waals surface area contributed by atoms with Crippen LogP contribution in [0, 0.1) is 0 Å². The Kier molecular flexibility index (Phi) is 4.38. The van der Waals surface area contributed by atoms with E-state index in [1.165, 1.54) is 19.3 Å². The van der Waals surface area contributed by atoms with Crippen LogP contribution in [0.5, 0.6) is 0 Å². The second-order valence-corrected chi connectivity index (χ2v) is 4.59. The molecule has 1 saturated carbocycles. The van der Waals surface area contributed by atoms with Crippen molar-refractivity contribution < 1.29 is 9.84 Å². The molecule has 88 valence electrons. The highest BCUT2D eigenvalue weighted by molar-refractivity contribution is 4.73. The van der Waals surface area contributed by atoms with Gasteiger partial charge in [0.15, 0.2) is 0 Å². The van der Waals surface area contributed by atoms with Gasteiger partial charge in [0.1, 0.15) is 0 Å². The van der Waals surface area contributed by atoms with E-state index in [1.807, 2.05) is 0 Å². The van der Waals surface area contributed by atoms with E-state index in [2.05, 4.69) is 10.2 Å². The van der Waals surface area contributed by atoms with Gasteiger partial charge in [-0.15, -0.1) is 0 Å². The lowest BCUT2D eigenvalue weighted by Gasteiger charge is -2.31. The molecule has 1 aliphatic carbocycles. The van der Waals surface area contributed by atoms with Crippen molar-refractivity contribution in [1.82, 2.24) is 10.2 Å².